The molecule has 140 valence electrons. The van der Waals surface area contributed by atoms with Gasteiger partial charge in [-0.1, -0.05) is 24.3 Å². The average Bonchev–Trinajstić information content (AvgIpc) is 3.24. The topological polar surface area (TPSA) is 79.4 Å². The summed E-state index contributed by atoms with van der Waals surface area (Å²) in [5, 5.41) is 5.64. The van der Waals surface area contributed by atoms with Crippen molar-refractivity contribution in [1.82, 2.24) is 9.29 Å². The third kappa shape index (κ3) is 3.73. The van der Waals surface area contributed by atoms with Crippen LogP contribution < -0.4 is 5.32 Å². The summed E-state index contributed by atoms with van der Waals surface area (Å²) in [5.74, 6) is -0.286. The monoisotopic (exact) mass is 401 g/mol. The molecule has 0 aliphatic carbocycles. The van der Waals surface area contributed by atoms with E-state index in [-0.39, 0.29) is 11.8 Å². The number of para-hydroxylation sites is 1. The lowest BCUT2D eigenvalue weighted by atomic mass is 9.97. The van der Waals surface area contributed by atoms with Gasteiger partial charge in [-0.25, -0.2) is 8.42 Å². The van der Waals surface area contributed by atoms with E-state index in [1.807, 2.05) is 30.3 Å². The minimum absolute atomic E-state index is 0.0831. The first-order valence-corrected chi connectivity index (χ1v) is 11.1. The molecule has 0 atom stereocenters. The molecule has 1 aliphatic heterocycles. The van der Waals surface area contributed by atoms with Crippen LogP contribution >= 0.6 is 11.3 Å². The predicted octanol–water partition coefficient (Wildman–Crippen LogP) is 3.34. The second-order valence-corrected chi connectivity index (χ2v) is 9.63. The van der Waals surface area contributed by atoms with E-state index < -0.39 is 10.0 Å². The zero-order valence-corrected chi connectivity index (χ0v) is 16.2. The number of carbonyl (C=O) groups excluding carboxylic acids is 1. The van der Waals surface area contributed by atoms with Crippen LogP contribution in [0.2, 0.25) is 0 Å². The highest BCUT2D eigenvalue weighted by atomic mass is 32.2. The molecule has 1 saturated heterocycles. The Morgan fingerprint density at radius 1 is 1.15 bits per heavy atom. The summed E-state index contributed by atoms with van der Waals surface area (Å²) in [6.07, 6.45) is 2.67. The molecule has 27 heavy (non-hydrogen) atoms. The van der Waals surface area contributed by atoms with Crippen LogP contribution in [-0.2, 0) is 14.8 Å². The van der Waals surface area contributed by atoms with Gasteiger partial charge in [-0.2, -0.15) is 4.31 Å². The van der Waals surface area contributed by atoms with Gasteiger partial charge in [0.1, 0.15) is 4.21 Å². The van der Waals surface area contributed by atoms with E-state index in [0.717, 1.165) is 10.9 Å². The largest absolute Gasteiger partial charge is 0.324 e. The molecule has 0 bridgehead atoms. The third-order valence-electron chi connectivity index (χ3n) is 4.77. The molecule has 1 aliphatic rings. The number of rotatable bonds is 4. The van der Waals surface area contributed by atoms with E-state index in [4.69, 9.17) is 0 Å². The molecule has 0 unspecified atom stereocenters. The molecule has 6 nitrogen and oxygen atoms in total. The maximum atomic E-state index is 12.6. The SMILES string of the molecule is O=C(Nc1cnc2ccccc2c1)C1CCN(S(=O)(=O)c2cccs2)CC1. The van der Waals surface area contributed by atoms with Gasteiger partial charge in [0, 0.05) is 24.4 Å². The minimum atomic E-state index is -3.44. The van der Waals surface area contributed by atoms with E-state index in [1.165, 1.54) is 15.6 Å². The van der Waals surface area contributed by atoms with E-state index in [1.54, 1.807) is 23.7 Å². The average molecular weight is 402 g/mol. The quantitative estimate of drug-likeness (QED) is 0.727. The Labute approximate surface area is 161 Å². The van der Waals surface area contributed by atoms with Crippen molar-refractivity contribution >= 4 is 43.9 Å². The van der Waals surface area contributed by atoms with Gasteiger partial charge in [-0.15, -0.1) is 11.3 Å². The lowest BCUT2D eigenvalue weighted by Crippen LogP contribution is -2.41. The number of carbonyl (C=O) groups is 1. The number of sulfonamides is 1. The first-order valence-electron chi connectivity index (χ1n) is 8.73. The number of anilines is 1. The number of nitrogens with one attached hydrogen (secondary N) is 1. The van der Waals surface area contributed by atoms with Gasteiger partial charge in [0.2, 0.25) is 5.91 Å². The summed E-state index contributed by atoms with van der Waals surface area (Å²) in [6.45, 7) is 0.711. The van der Waals surface area contributed by atoms with Crippen molar-refractivity contribution in [3.63, 3.8) is 0 Å². The van der Waals surface area contributed by atoms with Crippen LogP contribution in [0.3, 0.4) is 0 Å². The molecule has 1 aromatic carbocycles. The Kier molecular flexibility index (Phi) is 4.94. The van der Waals surface area contributed by atoms with Crippen LogP contribution in [0, 0.1) is 5.92 Å². The van der Waals surface area contributed by atoms with Gasteiger partial charge in [0.25, 0.3) is 10.0 Å². The highest BCUT2D eigenvalue weighted by Crippen LogP contribution is 2.27. The maximum Gasteiger partial charge on any atom is 0.252 e. The zero-order valence-electron chi connectivity index (χ0n) is 14.5. The van der Waals surface area contributed by atoms with Crippen molar-refractivity contribution in [1.29, 1.82) is 0 Å². The third-order valence-corrected chi connectivity index (χ3v) is 8.04. The normalized spacial score (nSPS) is 16.4. The van der Waals surface area contributed by atoms with Crippen LogP contribution in [0.25, 0.3) is 10.9 Å². The van der Waals surface area contributed by atoms with Gasteiger partial charge in [-0.3, -0.25) is 9.78 Å². The van der Waals surface area contributed by atoms with E-state index in [9.17, 15) is 13.2 Å². The fraction of sp³-hybridized carbons (Fsp3) is 0.263. The van der Waals surface area contributed by atoms with E-state index in [2.05, 4.69) is 10.3 Å². The van der Waals surface area contributed by atoms with E-state index in [0.29, 0.717) is 35.8 Å². The lowest BCUT2D eigenvalue weighted by Gasteiger charge is -2.30. The Hall–Kier alpha value is -2.29. The maximum absolute atomic E-state index is 12.6. The Morgan fingerprint density at radius 2 is 1.93 bits per heavy atom. The molecule has 2 aromatic heterocycles. The van der Waals surface area contributed by atoms with Crippen molar-refractivity contribution < 1.29 is 13.2 Å². The molecular formula is C19H19N3O3S2. The van der Waals surface area contributed by atoms with Crippen molar-refractivity contribution in [2.24, 2.45) is 5.92 Å². The van der Waals surface area contributed by atoms with Gasteiger partial charge in [0.05, 0.1) is 17.4 Å². The van der Waals surface area contributed by atoms with Crippen LogP contribution in [0.1, 0.15) is 12.8 Å². The van der Waals surface area contributed by atoms with Gasteiger partial charge < -0.3 is 5.32 Å². The summed E-state index contributed by atoms with van der Waals surface area (Å²) in [7, 11) is -3.44. The number of aromatic nitrogens is 1. The highest BCUT2D eigenvalue weighted by Gasteiger charge is 2.32. The first-order chi connectivity index (χ1) is 13.0. The highest BCUT2D eigenvalue weighted by molar-refractivity contribution is 7.91. The second-order valence-electron chi connectivity index (χ2n) is 6.52. The predicted molar refractivity (Wildman–Crippen MR) is 106 cm³/mol. The van der Waals surface area contributed by atoms with Gasteiger partial charge >= 0.3 is 0 Å². The molecule has 4 rings (SSSR count). The Bertz CT molecular complexity index is 1060. The molecule has 0 saturated carbocycles. The summed E-state index contributed by atoms with van der Waals surface area (Å²) in [6, 6.07) is 13.0. The molecule has 0 spiro atoms. The number of hydrogen-bond donors (Lipinski definition) is 1. The minimum Gasteiger partial charge on any atom is -0.324 e. The van der Waals surface area contributed by atoms with Crippen LogP contribution in [0.15, 0.2) is 58.3 Å². The summed E-state index contributed by atoms with van der Waals surface area (Å²) in [5.41, 5.74) is 1.54. The number of hydrogen-bond acceptors (Lipinski definition) is 5. The number of thiophene rings is 1. The standard InChI is InChI=1S/C19H19N3O3S2/c23-19(21-16-12-15-4-1-2-5-17(15)20-13-16)14-7-9-22(10-8-14)27(24,25)18-6-3-11-26-18/h1-6,11-14H,7-10H2,(H,21,23). The number of piperidine rings is 1. The smallest absolute Gasteiger partial charge is 0.252 e. The molecule has 3 aromatic rings. The number of amides is 1. The Morgan fingerprint density at radius 3 is 2.67 bits per heavy atom. The molecule has 3 heterocycles. The van der Waals surface area contributed by atoms with Crippen LogP contribution in [-0.4, -0.2) is 36.7 Å². The summed E-state index contributed by atoms with van der Waals surface area (Å²) >= 11 is 1.22. The van der Waals surface area contributed by atoms with Crippen LogP contribution in [0.5, 0.6) is 0 Å². The van der Waals surface area contributed by atoms with Crippen molar-refractivity contribution in [2.75, 3.05) is 18.4 Å². The van der Waals surface area contributed by atoms with Gasteiger partial charge in [0.15, 0.2) is 0 Å². The molecule has 1 N–H and O–H groups in total. The first kappa shape index (κ1) is 18.1. The number of pyridine rings is 1. The second kappa shape index (κ2) is 7.38. The zero-order chi connectivity index (χ0) is 18.9. The number of benzene rings is 1. The van der Waals surface area contributed by atoms with Crippen LogP contribution in [0.4, 0.5) is 5.69 Å². The number of fused-ring (bicyclic) bond motifs is 1. The Balaban J connectivity index is 1.39. The fourth-order valence-electron chi connectivity index (χ4n) is 3.28. The lowest BCUT2D eigenvalue weighted by molar-refractivity contribution is -0.120. The number of nitrogens with zero attached hydrogens (tertiary/aromatic N) is 2. The van der Waals surface area contributed by atoms with Crippen molar-refractivity contribution in [3.8, 4) is 0 Å². The van der Waals surface area contributed by atoms with Crippen molar-refractivity contribution in [3.05, 3.63) is 54.0 Å². The molecule has 8 heteroatoms. The van der Waals surface area contributed by atoms with Gasteiger partial charge in [-0.05, 0) is 36.4 Å². The fourth-order valence-corrected chi connectivity index (χ4v) is 5.89. The molecule has 1 fully saturated rings. The molecular weight excluding hydrogens is 382 g/mol. The summed E-state index contributed by atoms with van der Waals surface area (Å²) < 4.78 is 27.0. The molecule has 0 radical (unpaired) electrons. The summed E-state index contributed by atoms with van der Waals surface area (Å²) in [4.78, 5) is 16.9. The molecule has 1 amide bonds. The van der Waals surface area contributed by atoms with E-state index >= 15 is 0 Å². The van der Waals surface area contributed by atoms with Crippen molar-refractivity contribution in [2.45, 2.75) is 17.1 Å².